The molecule has 1 aliphatic heterocycles. The third-order valence-electron chi connectivity index (χ3n) is 4.70. The number of aliphatic hydroxyl groups excluding tert-OH is 1. The Bertz CT molecular complexity index is 1090. The summed E-state index contributed by atoms with van der Waals surface area (Å²) in [5.41, 5.74) is 0.840. The smallest absolute Gasteiger partial charge is 0.300 e. The predicted molar refractivity (Wildman–Crippen MR) is 110 cm³/mol. The number of aliphatic hydroxyl groups is 1. The van der Waals surface area contributed by atoms with E-state index in [-0.39, 0.29) is 17.4 Å². The van der Waals surface area contributed by atoms with Crippen LogP contribution in [0.1, 0.15) is 31.2 Å². The minimum absolute atomic E-state index is 0.00792. The number of hydrogen-bond donors (Lipinski definition) is 1. The van der Waals surface area contributed by atoms with E-state index in [1.807, 2.05) is 13.8 Å². The number of aromatic nitrogens is 1. The lowest BCUT2D eigenvalue weighted by Crippen LogP contribution is -2.29. The molecule has 7 nitrogen and oxygen atoms in total. The summed E-state index contributed by atoms with van der Waals surface area (Å²) in [5, 5.41) is 10.9. The number of furan rings is 1. The lowest BCUT2D eigenvalue weighted by atomic mass is 9.99. The molecule has 2 aromatic heterocycles. The number of ketones is 1. The van der Waals surface area contributed by atoms with Gasteiger partial charge in [0.25, 0.3) is 11.7 Å². The number of benzene rings is 1. The number of Topliss-reactive ketones (excluding diaryl/α,β-unsaturated/α-hetero) is 1. The van der Waals surface area contributed by atoms with E-state index < -0.39 is 17.7 Å². The van der Waals surface area contributed by atoms with Crippen LogP contribution in [0.5, 0.6) is 5.75 Å². The number of nitrogens with zero attached hydrogens (tertiary/aromatic N) is 2. The van der Waals surface area contributed by atoms with Gasteiger partial charge in [0.05, 0.1) is 17.9 Å². The Kier molecular flexibility index (Phi) is 5.10. The van der Waals surface area contributed by atoms with Crippen molar-refractivity contribution in [2.24, 2.45) is 0 Å². The van der Waals surface area contributed by atoms with Crippen molar-refractivity contribution in [1.82, 2.24) is 4.98 Å². The molecule has 1 aromatic carbocycles. The molecule has 0 aliphatic carbocycles. The molecule has 152 valence electrons. The van der Waals surface area contributed by atoms with Crippen molar-refractivity contribution in [2.75, 3.05) is 4.90 Å². The van der Waals surface area contributed by atoms with Crippen LogP contribution < -0.4 is 9.64 Å². The molecule has 4 rings (SSSR count). The van der Waals surface area contributed by atoms with Gasteiger partial charge in [0.1, 0.15) is 23.3 Å². The van der Waals surface area contributed by atoms with Crippen molar-refractivity contribution in [3.63, 3.8) is 0 Å². The first-order valence-corrected chi connectivity index (χ1v) is 9.49. The van der Waals surface area contributed by atoms with Crippen molar-refractivity contribution >= 4 is 23.1 Å². The average molecular weight is 404 g/mol. The third kappa shape index (κ3) is 3.45. The van der Waals surface area contributed by atoms with Crippen LogP contribution in [0.4, 0.5) is 5.69 Å². The second kappa shape index (κ2) is 7.87. The fraction of sp³-hybridized carbons (Fsp3) is 0.174. The zero-order valence-electron chi connectivity index (χ0n) is 16.5. The number of anilines is 1. The Morgan fingerprint density at radius 1 is 1.10 bits per heavy atom. The molecule has 0 radical (unpaired) electrons. The van der Waals surface area contributed by atoms with Gasteiger partial charge in [-0.1, -0.05) is 0 Å². The SMILES string of the molecule is CC(C)Oc1ccc(N2C(=O)C(=O)/C(=C(\O)c3ccncc3)C2c2ccco2)cc1. The molecule has 1 atom stereocenters. The number of carbonyl (C=O) groups excluding carboxylic acids is 2. The number of pyridine rings is 1. The molecular weight excluding hydrogens is 384 g/mol. The first-order valence-electron chi connectivity index (χ1n) is 9.49. The van der Waals surface area contributed by atoms with Gasteiger partial charge in [-0.25, -0.2) is 0 Å². The van der Waals surface area contributed by atoms with Gasteiger partial charge < -0.3 is 14.3 Å². The number of rotatable bonds is 5. The molecule has 7 heteroatoms. The summed E-state index contributed by atoms with van der Waals surface area (Å²) in [4.78, 5) is 31.1. The summed E-state index contributed by atoms with van der Waals surface area (Å²) in [6, 6.07) is 12.4. The predicted octanol–water partition coefficient (Wildman–Crippen LogP) is 4.09. The summed E-state index contributed by atoms with van der Waals surface area (Å²) in [6.07, 6.45) is 4.47. The van der Waals surface area contributed by atoms with Crippen molar-refractivity contribution < 1.29 is 23.8 Å². The Morgan fingerprint density at radius 3 is 2.40 bits per heavy atom. The zero-order chi connectivity index (χ0) is 21.3. The maximum absolute atomic E-state index is 13.0. The molecule has 0 bridgehead atoms. The van der Waals surface area contributed by atoms with Crippen LogP contribution in [0.15, 0.2) is 77.2 Å². The summed E-state index contributed by atoms with van der Waals surface area (Å²) >= 11 is 0. The maximum atomic E-state index is 13.0. The van der Waals surface area contributed by atoms with Crippen LogP contribution in [0.3, 0.4) is 0 Å². The van der Waals surface area contributed by atoms with E-state index in [0.717, 1.165) is 0 Å². The molecule has 1 aliphatic rings. The first-order chi connectivity index (χ1) is 14.5. The van der Waals surface area contributed by atoms with E-state index in [0.29, 0.717) is 22.8 Å². The van der Waals surface area contributed by atoms with Crippen molar-refractivity contribution in [3.8, 4) is 5.75 Å². The van der Waals surface area contributed by atoms with Gasteiger partial charge in [0.2, 0.25) is 0 Å². The number of amides is 1. The minimum Gasteiger partial charge on any atom is -0.507 e. The zero-order valence-corrected chi connectivity index (χ0v) is 16.5. The normalized spacial score (nSPS) is 18.2. The van der Waals surface area contributed by atoms with Gasteiger partial charge in [0, 0.05) is 23.6 Å². The van der Waals surface area contributed by atoms with Crippen molar-refractivity contribution in [3.05, 3.63) is 84.1 Å². The van der Waals surface area contributed by atoms with Gasteiger partial charge in [-0.15, -0.1) is 0 Å². The van der Waals surface area contributed by atoms with Crippen molar-refractivity contribution in [2.45, 2.75) is 26.0 Å². The van der Waals surface area contributed by atoms with E-state index in [1.54, 1.807) is 48.5 Å². The van der Waals surface area contributed by atoms with Crippen LogP contribution in [-0.4, -0.2) is 27.9 Å². The standard InChI is InChI=1S/C23H20N2O5/c1-14(2)30-17-7-5-16(6-8-17)25-20(18-4-3-13-29-18)19(22(27)23(25)28)21(26)15-9-11-24-12-10-15/h3-14,20,26H,1-2H3/b21-19-. The summed E-state index contributed by atoms with van der Waals surface area (Å²) in [5.74, 6) is -0.791. The molecule has 3 aromatic rings. The average Bonchev–Trinajstić information content (AvgIpc) is 3.36. The van der Waals surface area contributed by atoms with Crippen LogP contribution in [-0.2, 0) is 9.59 Å². The molecule has 1 fully saturated rings. The number of ether oxygens (including phenoxy) is 1. The molecule has 3 heterocycles. The fourth-order valence-corrected chi connectivity index (χ4v) is 3.44. The molecule has 1 saturated heterocycles. The molecule has 30 heavy (non-hydrogen) atoms. The second-order valence-electron chi connectivity index (χ2n) is 7.08. The van der Waals surface area contributed by atoms with Gasteiger partial charge in [-0.05, 0) is 62.4 Å². The quantitative estimate of drug-likeness (QED) is 0.391. The second-order valence-corrected chi connectivity index (χ2v) is 7.08. The van der Waals surface area contributed by atoms with E-state index in [2.05, 4.69) is 4.98 Å². The van der Waals surface area contributed by atoms with Crippen LogP contribution in [0, 0.1) is 0 Å². The molecule has 0 spiro atoms. The molecule has 0 saturated carbocycles. The highest BCUT2D eigenvalue weighted by atomic mass is 16.5. The van der Waals surface area contributed by atoms with Gasteiger partial charge >= 0.3 is 0 Å². The number of hydrogen-bond acceptors (Lipinski definition) is 6. The largest absolute Gasteiger partial charge is 0.507 e. The topological polar surface area (TPSA) is 92.9 Å². The number of carbonyl (C=O) groups is 2. The van der Waals surface area contributed by atoms with Crippen LogP contribution in [0.2, 0.25) is 0 Å². The Hall–Kier alpha value is -3.87. The monoisotopic (exact) mass is 404 g/mol. The fourth-order valence-electron chi connectivity index (χ4n) is 3.44. The van der Waals surface area contributed by atoms with Crippen LogP contribution >= 0.6 is 0 Å². The van der Waals surface area contributed by atoms with E-state index in [9.17, 15) is 14.7 Å². The highest BCUT2D eigenvalue weighted by molar-refractivity contribution is 6.51. The first kappa shape index (κ1) is 19.4. The summed E-state index contributed by atoms with van der Waals surface area (Å²) < 4.78 is 11.2. The van der Waals surface area contributed by atoms with E-state index in [1.165, 1.54) is 23.6 Å². The highest BCUT2D eigenvalue weighted by Crippen LogP contribution is 2.42. The maximum Gasteiger partial charge on any atom is 0.300 e. The van der Waals surface area contributed by atoms with Crippen LogP contribution in [0.25, 0.3) is 5.76 Å². The Morgan fingerprint density at radius 2 is 1.80 bits per heavy atom. The molecular formula is C23H20N2O5. The summed E-state index contributed by atoms with van der Waals surface area (Å²) in [6.45, 7) is 3.84. The van der Waals surface area contributed by atoms with E-state index >= 15 is 0 Å². The van der Waals surface area contributed by atoms with Gasteiger partial charge in [0.15, 0.2) is 0 Å². The van der Waals surface area contributed by atoms with Gasteiger partial charge in [-0.3, -0.25) is 19.5 Å². The Labute approximate surface area is 173 Å². The third-order valence-corrected chi connectivity index (χ3v) is 4.70. The van der Waals surface area contributed by atoms with Gasteiger partial charge in [-0.2, -0.15) is 0 Å². The van der Waals surface area contributed by atoms with Crippen molar-refractivity contribution in [1.29, 1.82) is 0 Å². The highest BCUT2D eigenvalue weighted by Gasteiger charge is 2.48. The molecule has 1 amide bonds. The summed E-state index contributed by atoms with van der Waals surface area (Å²) in [7, 11) is 0. The van der Waals surface area contributed by atoms with E-state index in [4.69, 9.17) is 9.15 Å². The minimum atomic E-state index is -0.898. The molecule has 1 N–H and O–H groups in total. The lowest BCUT2D eigenvalue weighted by molar-refractivity contribution is -0.132. The Balaban J connectivity index is 1.83. The molecule has 1 unspecified atom stereocenters. The lowest BCUT2D eigenvalue weighted by Gasteiger charge is -2.23.